The van der Waals surface area contributed by atoms with Crippen molar-refractivity contribution in [2.45, 2.75) is 69.9 Å². The quantitative estimate of drug-likeness (QED) is 0.252. The molecule has 198 valence electrons. The fourth-order valence-electron chi connectivity index (χ4n) is 3.86. The predicted octanol–water partition coefficient (Wildman–Crippen LogP) is 1.81. The molecule has 1 saturated heterocycles. The summed E-state index contributed by atoms with van der Waals surface area (Å²) in [7, 11) is 2.94. The van der Waals surface area contributed by atoms with E-state index in [4.69, 9.17) is 4.74 Å². The second-order valence-electron chi connectivity index (χ2n) is 9.15. The van der Waals surface area contributed by atoms with Crippen molar-refractivity contribution >= 4 is 56.6 Å². The number of nitrogens with one attached hydrogen (secondary N) is 3. The lowest BCUT2D eigenvalue weighted by Crippen LogP contribution is -2.57. The predicted molar refractivity (Wildman–Crippen MR) is 142 cm³/mol. The van der Waals surface area contributed by atoms with Crippen molar-refractivity contribution in [1.82, 2.24) is 16.0 Å². The second-order valence-corrected chi connectivity index (χ2v) is 12.7. The summed E-state index contributed by atoms with van der Waals surface area (Å²) in [6, 6.07) is 1.60. The summed E-state index contributed by atoms with van der Waals surface area (Å²) in [6.45, 7) is 3.83. The third-order valence-electron chi connectivity index (χ3n) is 5.83. The van der Waals surface area contributed by atoms with Crippen molar-refractivity contribution in [3.05, 3.63) is 34.5 Å². The summed E-state index contributed by atoms with van der Waals surface area (Å²) in [6.07, 6.45) is 1.62. The number of ether oxygens (including phenoxy) is 1. The Kier molecular flexibility index (Phi) is 11.1. The average Bonchev–Trinajstić information content (AvgIpc) is 3.31. The monoisotopic (exact) mass is 555 g/mol. The van der Waals surface area contributed by atoms with E-state index in [2.05, 4.69) is 16.0 Å². The molecule has 3 aliphatic heterocycles. The number of rotatable bonds is 3. The van der Waals surface area contributed by atoms with Crippen LogP contribution in [0.3, 0.4) is 0 Å². The number of carbonyl (C=O) groups is 4. The number of fused-ring (bicyclic) bond motifs is 16. The van der Waals surface area contributed by atoms with E-state index in [0.29, 0.717) is 11.5 Å². The van der Waals surface area contributed by atoms with Crippen molar-refractivity contribution in [3.8, 4) is 0 Å². The number of hydrogen-bond acceptors (Lipinski definition) is 9. The van der Waals surface area contributed by atoms with Crippen LogP contribution in [0, 0.1) is 5.92 Å². The number of carbonyl (C=O) groups excluding carboxylic acids is 4. The Bertz CT molecular complexity index is 940. The molecular weight excluding hydrogens is 522 g/mol. The Morgan fingerprint density at radius 2 is 1.89 bits per heavy atom. The topological polar surface area (TPSA) is 134 Å². The van der Waals surface area contributed by atoms with E-state index in [-0.39, 0.29) is 37.5 Å². The minimum absolute atomic E-state index is 0.0164. The van der Waals surface area contributed by atoms with E-state index in [0.717, 1.165) is 4.88 Å². The molecule has 4 rings (SSSR count). The molecule has 1 aromatic rings. The van der Waals surface area contributed by atoms with E-state index < -0.39 is 48.1 Å². The van der Waals surface area contributed by atoms with Gasteiger partial charge in [-0.1, -0.05) is 47.6 Å². The van der Waals surface area contributed by atoms with Gasteiger partial charge < -0.3 is 25.8 Å². The average molecular weight is 556 g/mol. The first-order valence-corrected chi connectivity index (χ1v) is 15.3. The molecule has 9 nitrogen and oxygen atoms in total. The Morgan fingerprint density at radius 3 is 2.61 bits per heavy atom. The first-order valence-electron chi connectivity index (χ1n) is 11.9. The van der Waals surface area contributed by atoms with Crippen LogP contribution in [0.1, 0.15) is 38.0 Å². The van der Waals surface area contributed by atoms with Crippen LogP contribution in [0.25, 0.3) is 0 Å². The van der Waals surface area contributed by atoms with Crippen LogP contribution in [0.5, 0.6) is 0 Å². The van der Waals surface area contributed by atoms with Crippen LogP contribution in [0.2, 0.25) is 0 Å². The van der Waals surface area contributed by atoms with Crippen molar-refractivity contribution in [1.29, 1.82) is 0 Å². The highest BCUT2D eigenvalue weighted by Gasteiger charge is 2.31. The second kappa shape index (κ2) is 14.1. The number of thiophene rings is 1. The van der Waals surface area contributed by atoms with Crippen LogP contribution in [0.15, 0.2) is 29.7 Å². The van der Waals surface area contributed by atoms with Crippen molar-refractivity contribution in [2.75, 3.05) is 11.5 Å². The molecule has 0 saturated carbocycles. The molecule has 0 spiro atoms. The molecule has 0 aliphatic carbocycles. The fourth-order valence-corrected chi connectivity index (χ4v) is 6.58. The molecule has 12 heteroatoms. The van der Waals surface area contributed by atoms with Gasteiger partial charge in [-0.05, 0) is 29.9 Å². The Morgan fingerprint density at radius 1 is 1.08 bits per heavy atom. The number of aliphatic hydroxyl groups is 1. The Balaban J connectivity index is 1.95. The highest BCUT2D eigenvalue weighted by molar-refractivity contribution is 8.76. The summed E-state index contributed by atoms with van der Waals surface area (Å²) >= 11 is 1.47. The largest absolute Gasteiger partial charge is 0.457 e. The Labute approximate surface area is 223 Å². The maximum atomic E-state index is 13.3. The lowest BCUT2D eigenvalue weighted by Gasteiger charge is -2.29. The molecule has 36 heavy (non-hydrogen) atoms. The molecule has 3 aliphatic rings. The van der Waals surface area contributed by atoms with Crippen LogP contribution in [-0.2, 0) is 30.3 Å². The molecule has 4 heterocycles. The van der Waals surface area contributed by atoms with Crippen LogP contribution < -0.4 is 16.0 Å². The smallest absolute Gasteiger partial charge is 0.309 e. The van der Waals surface area contributed by atoms with Gasteiger partial charge in [0.05, 0.1) is 18.9 Å². The van der Waals surface area contributed by atoms with E-state index >= 15 is 0 Å². The summed E-state index contributed by atoms with van der Waals surface area (Å²) in [5.74, 6) is -1.06. The summed E-state index contributed by atoms with van der Waals surface area (Å²) in [5, 5.41) is 20.9. The molecular formula is C24H33N3O6S3. The highest BCUT2D eigenvalue weighted by Crippen LogP contribution is 2.24. The van der Waals surface area contributed by atoms with Gasteiger partial charge in [-0.2, -0.15) is 0 Å². The third-order valence-corrected chi connectivity index (χ3v) is 9.01. The zero-order valence-electron chi connectivity index (χ0n) is 20.3. The molecule has 0 unspecified atom stereocenters. The SMILES string of the molecule is CC(C)[C@H]1C[C@@H](O)CC(=O)O[C@@H]2/C=C/CSSC[C@@H](NC(=O)[C@H](Cc3cccs3)NC(=O)C2)C(=O)N1. The first-order chi connectivity index (χ1) is 17.2. The highest BCUT2D eigenvalue weighted by atomic mass is 33.1. The zero-order chi connectivity index (χ0) is 26.1. The molecule has 2 bridgehead atoms. The van der Waals surface area contributed by atoms with Gasteiger partial charge in [0.25, 0.3) is 0 Å². The molecule has 0 radical (unpaired) electrons. The normalized spacial score (nSPS) is 30.2. The maximum absolute atomic E-state index is 13.3. The van der Waals surface area contributed by atoms with Gasteiger partial charge in [0.2, 0.25) is 17.7 Å². The summed E-state index contributed by atoms with van der Waals surface area (Å²) in [5.41, 5.74) is 0. The minimum Gasteiger partial charge on any atom is -0.457 e. The van der Waals surface area contributed by atoms with Crippen molar-refractivity contribution in [3.63, 3.8) is 0 Å². The van der Waals surface area contributed by atoms with Gasteiger partial charge in [-0.3, -0.25) is 19.2 Å². The van der Waals surface area contributed by atoms with Crippen molar-refractivity contribution in [2.24, 2.45) is 5.92 Å². The summed E-state index contributed by atoms with van der Waals surface area (Å²) < 4.78 is 5.52. The zero-order valence-corrected chi connectivity index (χ0v) is 22.8. The van der Waals surface area contributed by atoms with Crippen LogP contribution >= 0.6 is 32.9 Å². The number of esters is 1. The maximum Gasteiger partial charge on any atom is 0.309 e. The molecule has 5 atom stereocenters. The molecule has 1 aromatic heterocycles. The fraction of sp³-hybridized carbons (Fsp3) is 0.583. The molecule has 1 fully saturated rings. The lowest BCUT2D eigenvalue weighted by atomic mass is 9.96. The summed E-state index contributed by atoms with van der Waals surface area (Å²) in [4.78, 5) is 53.0. The van der Waals surface area contributed by atoms with Crippen molar-refractivity contribution < 1.29 is 29.0 Å². The van der Waals surface area contributed by atoms with Gasteiger partial charge in [0.1, 0.15) is 18.2 Å². The lowest BCUT2D eigenvalue weighted by molar-refractivity contribution is -0.150. The first kappa shape index (κ1) is 28.5. The van der Waals surface area contributed by atoms with E-state index in [1.54, 1.807) is 6.08 Å². The van der Waals surface area contributed by atoms with Crippen LogP contribution in [-0.4, -0.2) is 70.6 Å². The molecule has 3 amide bonds. The van der Waals surface area contributed by atoms with Gasteiger partial charge in [0.15, 0.2) is 0 Å². The van der Waals surface area contributed by atoms with Crippen LogP contribution in [0.4, 0.5) is 0 Å². The minimum atomic E-state index is -1.03. The molecule has 0 aromatic carbocycles. The van der Waals surface area contributed by atoms with Gasteiger partial charge in [0, 0.05) is 28.8 Å². The third kappa shape index (κ3) is 9.13. The Hall–Kier alpha value is -2.02. The number of aliphatic hydroxyl groups excluding tert-OH is 1. The standard InChI is InChI=1S/C24H33N3O6S3/c1-14(2)18-9-15(28)10-22(30)33-16-5-3-8-35-36-13-20(24(32)26-18)27-23(31)19(25-21(29)11-16)12-17-6-4-7-34-17/h3-7,14-16,18-20,28H,8-13H2,1-2H3,(H,25,29)(H,26,32)(H,27,31)/b5-3+/t15-,16-,18-,19+,20-/m1/s1. The van der Waals surface area contributed by atoms with E-state index in [9.17, 15) is 24.3 Å². The molecule has 4 N–H and O–H groups in total. The van der Waals surface area contributed by atoms with E-state index in [1.807, 2.05) is 37.4 Å². The van der Waals surface area contributed by atoms with Gasteiger partial charge >= 0.3 is 5.97 Å². The van der Waals surface area contributed by atoms with E-state index in [1.165, 1.54) is 32.9 Å². The number of amides is 3. The van der Waals surface area contributed by atoms with Gasteiger partial charge in [-0.25, -0.2) is 0 Å². The number of hydrogen-bond donors (Lipinski definition) is 4. The van der Waals surface area contributed by atoms with Gasteiger partial charge in [-0.15, -0.1) is 11.3 Å².